The largest absolute Gasteiger partial charge is 0.433 e. The number of aliphatic hydroxyl groups is 1. The smallest absolute Gasteiger partial charge is 0.395 e. The molecule has 0 saturated carbocycles. The van der Waals surface area contributed by atoms with Gasteiger partial charge in [-0.15, -0.1) is 0 Å². The van der Waals surface area contributed by atoms with Gasteiger partial charge in [0.2, 0.25) is 0 Å². The SMILES string of the molecule is O=C(NCc1ccc(C(F)(F)F)nc1-c1cccc(F)c1)Nc1ccc(NCCO)nc1. The summed E-state index contributed by atoms with van der Waals surface area (Å²) in [5.74, 6) is -0.108. The Hall–Kier alpha value is -3.73. The second-order valence-electron chi connectivity index (χ2n) is 6.60. The van der Waals surface area contributed by atoms with E-state index >= 15 is 0 Å². The van der Waals surface area contributed by atoms with E-state index in [1.165, 1.54) is 30.5 Å². The highest BCUT2D eigenvalue weighted by Crippen LogP contribution is 2.31. The number of carbonyl (C=O) groups excluding carboxylic acids is 1. The third kappa shape index (κ3) is 6.14. The minimum Gasteiger partial charge on any atom is -0.395 e. The molecule has 2 aromatic heterocycles. The van der Waals surface area contributed by atoms with E-state index in [0.717, 1.165) is 12.1 Å². The average molecular weight is 449 g/mol. The summed E-state index contributed by atoms with van der Waals surface area (Å²) in [5.41, 5.74) is -0.386. The number of amides is 2. The zero-order valence-corrected chi connectivity index (χ0v) is 16.6. The third-order valence-electron chi connectivity index (χ3n) is 4.25. The fourth-order valence-corrected chi connectivity index (χ4v) is 2.78. The Labute approximate surface area is 180 Å². The van der Waals surface area contributed by atoms with Gasteiger partial charge in [-0.3, -0.25) is 0 Å². The van der Waals surface area contributed by atoms with Crippen molar-refractivity contribution in [3.63, 3.8) is 0 Å². The normalized spacial score (nSPS) is 11.2. The zero-order valence-electron chi connectivity index (χ0n) is 16.6. The summed E-state index contributed by atoms with van der Waals surface area (Å²) in [7, 11) is 0. The van der Waals surface area contributed by atoms with E-state index < -0.39 is 23.7 Å². The van der Waals surface area contributed by atoms with E-state index in [9.17, 15) is 22.4 Å². The maximum absolute atomic E-state index is 13.6. The molecule has 0 spiro atoms. The first-order valence-corrected chi connectivity index (χ1v) is 9.45. The number of nitrogens with zero attached hydrogens (tertiary/aromatic N) is 2. The molecule has 1 aromatic carbocycles. The Morgan fingerprint density at radius 2 is 1.91 bits per heavy atom. The minimum absolute atomic E-state index is 0.0551. The standard InChI is InChI=1S/C21H19F4N5O2/c22-15-3-1-2-13(10-15)19-14(4-6-17(30-19)21(23,24)25)11-28-20(32)29-16-5-7-18(27-12-16)26-8-9-31/h1-7,10,12,31H,8-9,11H2,(H,26,27)(H2,28,29,32). The molecule has 0 aliphatic heterocycles. The molecule has 32 heavy (non-hydrogen) atoms. The van der Waals surface area contributed by atoms with Crippen LogP contribution < -0.4 is 16.0 Å². The predicted molar refractivity (Wildman–Crippen MR) is 110 cm³/mol. The molecule has 168 valence electrons. The molecule has 3 rings (SSSR count). The zero-order chi connectivity index (χ0) is 23.1. The van der Waals surface area contributed by atoms with Crippen LogP contribution in [0.5, 0.6) is 0 Å². The number of rotatable bonds is 7. The van der Waals surface area contributed by atoms with Gasteiger partial charge < -0.3 is 21.1 Å². The minimum atomic E-state index is -4.67. The van der Waals surface area contributed by atoms with Crippen molar-refractivity contribution in [2.75, 3.05) is 23.8 Å². The van der Waals surface area contributed by atoms with Crippen molar-refractivity contribution >= 4 is 17.5 Å². The highest BCUT2D eigenvalue weighted by atomic mass is 19.4. The number of aromatic nitrogens is 2. The first-order chi connectivity index (χ1) is 15.3. The molecule has 2 amide bonds. The summed E-state index contributed by atoms with van der Waals surface area (Å²) in [4.78, 5) is 19.9. The van der Waals surface area contributed by atoms with E-state index in [1.54, 1.807) is 12.1 Å². The van der Waals surface area contributed by atoms with Gasteiger partial charge in [-0.1, -0.05) is 18.2 Å². The molecular formula is C21H19F4N5O2. The first-order valence-electron chi connectivity index (χ1n) is 9.45. The third-order valence-corrected chi connectivity index (χ3v) is 4.25. The summed E-state index contributed by atoms with van der Waals surface area (Å²) in [6, 6.07) is 9.62. The number of benzene rings is 1. The van der Waals surface area contributed by atoms with Crippen LogP contribution in [-0.2, 0) is 12.7 Å². The number of pyridine rings is 2. The lowest BCUT2D eigenvalue weighted by molar-refractivity contribution is -0.141. The molecule has 0 aliphatic rings. The highest BCUT2D eigenvalue weighted by Gasteiger charge is 2.33. The number of nitrogens with one attached hydrogen (secondary N) is 3. The summed E-state index contributed by atoms with van der Waals surface area (Å²) >= 11 is 0. The van der Waals surface area contributed by atoms with Gasteiger partial charge in [-0.05, 0) is 35.9 Å². The number of urea groups is 1. The Balaban J connectivity index is 1.73. The van der Waals surface area contributed by atoms with Crippen LogP contribution in [0.1, 0.15) is 11.3 Å². The van der Waals surface area contributed by atoms with Crippen molar-refractivity contribution in [1.29, 1.82) is 0 Å². The van der Waals surface area contributed by atoms with Crippen LogP contribution in [0.2, 0.25) is 0 Å². The lowest BCUT2D eigenvalue weighted by Gasteiger charge is -2.14. The van der Waals surface area contributed by atoms with Gasteiger partial charge in [-0.2, -0.15) is 13.2 Å². The second kappa shape index (κ2) is 10.1. The van der Waals surface area contributed by atoms with E-state index in [0.29, 0.717) is 18.1 Å². The molecule has 0 radical (unpaired) electrons. The van der Waals surface area contributed by atoms with Crippen molar-refractivity contribution in [2.24, 2.45) is 0 Å². The van der Waals surface area contributed by atoms with E-state index in [-0.39, 0.29) is 30.0 Å². The topological polar surface area (TPSA) is 99.2 Å². The number of hydrogen-bond donors (Lipinski definition) is 4. The number of alkyl halides is 3. The monoisotopic (exact) mass is 449 g/mol. The average Bonchev–Trinajstić information content (AvgIpc) is 2.76. The van der Waals surface area contributed by atoms with Crippen LogP contribution in [0.25, 0.3) is 11.3 Å². The quantitative estimate of drug-likeness (QED) is 0.409. The molecule has 0 aliphatic carbocycles. The van der Waals surface area contributed by atoms with Gasteiger partial charge >= 0.3 is 12.2 Å². The first kappa shape index (κ1) is 22.9. The number of aliphatic hydroxyl groups excluding tert-OH is 1. The van der Waals surface area contributed by atoms with E-state index in [1.807, 2.05) is 0 Å². The Bertz CT molecular complexity index is 1070. The van der Waals surface area contributed by atoms with Crippen molar-refractivity contribution in [1.82, 2.24) is 15.3 Å². The molecule has 2 heterocycles. The van der Waals surface area contributed by atoms with Crippen LogP contribution in [0.3, 0.4) is 0 Å². The molecule has 7 nitrogen and oxygen atoms in total. The summed E-state index contributed by atoms with van der Waals surface area (Å²) in [5, 5.41) is 16.7. The molecule has 0 fully saturated rings. The van der Waals surface area contributed by atoms with Crippen molar-refractivity contribution in [2.45, 2.75) is 12.7 Å². The molecule has 0 atom stereocenters. The van der Waals surface area contributed by atoms with Crippen molar-refractivity contribution in [3.05, 3.63) is 71.8 Å². The fourth-order valence-electron chi connectivity index (χ4n) is 2.78. The number of anilines is 2. The van der Waals surface area contributed by atoms with Gasteiger partial charge in [0.05, 0.1) is 24.2 Å². The number of halogens is 4. The molecule has 4 N–H and O–H groups in total. The lowest BCUT2D eigenvalue weighted by Crippen LogP contribution is -2.28. The highest BCUT2D eigenvalue weighted by molar-refractivity contribution is 5.89. The maximum atomic E-state index is 13.6. The second-order valence-corrected chi connectivity index (χ2v) is 6.60. The van der Waals surface area contributed by atoms with E-state index in [4.69, 9.17) is 5.11 Å². The van der Waals surface area contributed by atoms with Crippen LogP contribution in [0.4, 0.5) is 33.9 Å². The summed E-state index contributed by atoms with van der Waals surface area (Å²) in [6.45, 7) is 0.127. The van der Waals surface area contributed by atoms with Gasteiger partial charge in [0.25, 0.3) is 0 Å². The molecule has 3 aromatic rings. The number of hydrogen-bond acceptors (Lipinski definition) is 5. The lowest BCUT2D eigenvalue weighted by atomic mass is 10.0. The van der Waals surface area contributed by atoms with E-state index in [2.05, 4.69) is 25.9 Å². The van der Waals surface area contributed by atoms with Crippen molar-refractivity contribution < 1.29 is 27.5 Å². The molecule has 11 heteroatoms. The van der Waals surface area contributed by atoms with Crippen LogP contribution >= 0.6 is 0 Å². The molecule has 0 unspecified atom stereocenters. The van der Waals surface area contributed by atoms with Gasteiger partial charge in [0.15, 0.2) is 0 Å². The Morgan fingerprint density at radius 1 is 1.09 bits per heavy atom. The van der Waals surface area contributed by atoms with Crippen molar-refractivity contribution in [3.8, 4) is 11.3 Å². The van der Waals surface area contributed by atoms with Crippen LogP contribution in [0.15, 0.2) is 54.7 Å². The molecule has 0 bridgehead atoms. The molecule has 0 saturated heterocycles. The Kier molecular flexibility index (Phi) is 7.21. The number of carbonyl (C=O) groups is 1. The maximum Gasteiger partial charge on any atom is 0.433 e. The summed E-state index contributed by atoms with van der Waals surface area (Å²) in [6.07, 6.45) is -3.27. The summed E-state index contributed by atoms with van der Waals surface area (Å²) < 4.78 is 52.9. The van der Waals surface area contributed by atoms with Gasteiger partial charge in [0.1, 0.15) is 17.3 Å². The fraction of sp³-hybridized carbons (Fsp3) is 0.190. The molecular weight excluding hydrogens is 430 g/mol. The van der Waals surface area contributed by atoms with Crippen LogP contribution in [-0.4, -0.2) is 34.3 Å². The van der Waals surface area contributed by atoms with Gasteiger partial charge in [0, 0.05) is 18.7 Å². The van der Waals surface area contributed by atoms with Crippen LogP contribution in [0, 0.1) is 5.82 Å². The van der Waals surface area contributed by atoms with Gasteiger partial charge in [-0.25, -0.2) is 19.2 Å². The Morgan fingerprint density at radius 3 is 2.56 bits per heavy atom. The predicted octanol–water partition coefficient (Wildman–Crippen LogP) is 4.03.